The number of hydrogen-bond donors (Lipinski definition) is 3. The molecule has 0 bridgehead atoms. The van der Waals surface area contributed by atoms with Crippen LogP contribution in [0.4, 0.5) is 0 Å². The van der Waals surface area contributed by atoms with Gasteiger partial charge < -0.3 is 30.2 Å². The lowest BCUT2D eigenvalue weighted by molar-refractivity contribution is 0.0945. The lowest BCUT2D eigenvalue weighted by Gasteiger charge is -2.23. The monoisotopic (exact) mass is 548 g/mol. The SMILES string of the molecule is COc1ccccc1C(=O)NCCN(CCNC(=O)c1ccccc1OC)CCNC(=O)c1ccccc1OC. The second kappa shape index (κ2) is 15.7. The summed E-state index contributed by atoms with van der Waals surface area (Å²) in [6, 6.07) is 21.0. The van der Waals surface area contributed by atoms with Crippen molar-refractivity contribution < 1.29 is 28.6 Å². The first-order chi connectivity index (χ1) is 19.5. The summed E-state index contributed by atoms with van der Waals surface area (Å²) in [5, 5.41) is 8.75. The second-order valence-electron chi connectivity index (χ2n) is 8.71. The summed E-state index contributed by atoms with van der Waals surface area (Å²) < 4.78 is 15.8. The van der Waals surface area contributed by atoms with Gasteiger partial charge in [-0.3, -0.25) is 19.3 Å². The maximum Gasteiger partial charge on any atom is 0.255 e. The third-order valence-corrected chi connectivity index (χ3v) is 6.20. The first-order valence-corrected chi connectivity index (χ1v) is 12.9. The van der Waals surface area contributed by atoms with Crippen molar-refractivity contribution in [1.29, 1.82) is 0 Å². The molecule has 10 nitrogen and oxygen atoms in total. The third kappa shape index (κ3) is 8.47. The first kappa shape index (κ1) is 30.0. The molecule has 3 amide bonds. The lowest BCUT2D eigenvalue weighted by atomic mass is 10.2. The third-order valence-electron chi connectivity index (χ3n) is 6.20. The zero-order valence-electron chi connectivity index (χ0n) is 23.1. The molecule has 0 aliphatic heterocycles. The van der Waals surface area contributed by atoms with Crippen molar-refractivity contribution in [3.8, 4) is 17.2 Å². The first-order valence-electron chi connectivity index (χ1n) is 12.9. The standard InChI is InChI=1S/C30H36N4O6/c1-38-25-13-7-4-10-22(25)28(35)31-16-19-34(20-17-32-29(36)23-11-5-8-14-26(23)39-2)21-18-33-30(37)24-12-6-9-15-27(24)40-3/h4-15H,16-21H2,1-3H3,(H,31,35)(H,32,36)(H,33,37). The van der Waals surface area contributed by atoms with Crippen molar-refractivity contribution in [2.24, 2.45) is 0 Å². The Morgan fingerprint density at radius 2 is 0.800 bits per heavy atom. The van der Waals surface area contributed by atoms with Gasteiger partial charge in [-0.15, -0.1) is 0 Å². The van der Waals surface area contributed by atoms with E-state index in [4.69, 9.17) is 14.2 Å². The van der Waals surface area contributed by atoms with Crippen molar-refractivity contribution in [1.82, 2.24) is 20.9 Å². The number of carbonyl (C=O) groups is 3. The molecule has 0 aliphatic rings. The molecule has 0 aliphatic carbocycles. The van der Waals surface area contributed by atoms with Crippen LogP contribution in [-0.2, 0) is 0 Å². The zero-order valence-corrected chi connectivity index (χ0v) is 23.1. The molecule has 10 heteroatoms. The van der Waals surface area contributed by atoms with Crippen LogP contribution in [0.3, 0.4) is 0 Å². The van der Waals surface area contributed by atoms with Gasteiger partial charge in [0.05, 0.1) is 38.0 Å². The highest BCUT2D eigenvalue weighted by molar-refractivity contribution is 5.98. The van der Waals surface area contributed by atoms with E-state index in [0.717, 1.165) is 0 Å². The second-order valence-corrected chi connectivity index (χ2v) is 8.71. The minimum Gasteiger partial charge on any atom is -0.496 e. The number of nitrogens with zero attached hydrogens (tertiary/aromatic N) is 1. The van der Waals surface area contributed by atoms with E-state index in [1.54, 1.807) is 72.8 Å². The molecule has 0 heterocycles. The van der Waals surface area contributed by atoms with Gasteiger partial charge in [0.1, 0.15) is 17.2 Å². The van der Waals surface area contributed by atoms with E-state index in [0.29, 0.717) is 73.2 Å². The number of para-hydroxylation sites is 3. The largest absolute Gasteiger partial charge is 0.496 e. The average molecular weight is 549 g/mol. The van der Waals surface area contributed by atoms with E-state index in [2.05, 4.69) is 16.0 Å². The molecule has 0 saturated carbocycles. The molecule has 3 rings (SSSR count). The molecule has 0 radical (unpaired) electrons. The van der Waals surface area contributed by atoms with Gasteiger partial charge in [0.15, 0.2) is 0 Å². The van der Waals surface area contributed by atoms with Gasteiger partial charge in [-0.05, 0) is 36.4 Å². The Morgan fingerprint density at radius 1 is 0.525 bits per heavy atom. The van der Waals surface area contributed by atoms with Gasteiger partial charge in [-0.1, -0.05) is 36.4 Å². The van der Waals surface area contributed by atoms with Crippen LogP contribution in [0.2, 0.25) is 0 Å². The summed E-state index contributed by atoms with van der Waals surface area (Å²) in [5.41, 5.74) is 1.35. The summed E-state index contributed by atoms with van der Waals surface area (Å²) in [7, 11) is 4.56. The number of benzene rings is 3. The van der Waals surface area contributed by atoms with Gasteiger partial charge in [-0.25, -0.2) is 0 Å². The van der Waals surface area contributed by atoms with E-state index in [-0.39, 0.29) is 17.7 Å². The highest BCUT2D eigenvalue weighted by Gasteiger charge is 2.15. The van der Waals surface area contributed by atoms with Crippen LogP contribution in [0.1, 0.15) is 31.1 Å². The Bertz CT molecular complexity index is 1130. The predicted octanol–water partition coefficient (Wildman–Crippen LogP) is 2.60. The number of hydrogen-bond acceptors (Lipinski definition) is 7. The number of carbonyl (C=O) groups excluding carboxylic acids is 3. The number of ether oxygens (including phenoxy) is 3. The maximum atomic E-state index is 12.7. The Morgan fingerprint density at radius 3 is 1.07 bits per heavy atom. The van der Waals surface area contributed by atoms with Crippen LogP contribution in [0.5, 0.6) is 17.2 Å². The van der Waals surface area contributed by atoms with Crippen LogP contribution in [0.25, 0.3) is 0 Å². The van der Waals surface area contributed by atoms with Crippen molar-refractivity contribution >= 4 is 17.7 Å². The number of amides is 3. The van der Waals surface area contributed by atoms with Gasteiger partial charge in [0.2, 0.25) is 0 Å². The number of methoxy groups -OCH3 is 3. The minimum atomic E-state index is -0.244. The Hall–Kier alpha value is -4.57. The summed E-state index contributed by atoms with van der Waals surface area (Å²) in [4.78, 5) is 40.1. The molecule has 212 valence electrons. The molecule has 3 N–H and O–H groups in total. The van der Waals surface area contributed by atoms with Crippen molar-refractivity contribution in [3.05, 3.63) is 89.5 Å². The molecular weight excluding hydrogens is 512 g/mol. The fourth-order valence-corrected chi connectivity index (χ4v) is 4.10. The van der Waals surface area contributed by atoms with Gasteiger partial charge in [0.25, 0.3) is 17.7 Å². The molecule has 0 fully saturated rings. The summed E-state index contributed by atoms with van der Waals surface area (Å²) in [6.45, 7) is 2.56. The van der Waals surface area contributed by atoms with Crippen LogP contribution < -0.4 is 30.2 Å². The summed E-state index contributed by atoms with van der Waals surface area (Å²) in [5.74, 6) is 0.754. The topological polar surface area (TPSA) is 118 Å². The summed E-state index contributed by atoms with van der Waals surface area (Å²) >= 11 is 0. The van der Waals surface area contributed by atoms with E-state index in [9.17, 15) is 14.4 Å². The maximum absolute atomic E-state index is 12.7. The highest BCUT2D eigenvalue weighted by atomic mass is 16.5. The van der Waals surface area contributed by atoms with E-state index >= 15 is 0 Å². The minimum absolute atomic E-state index is 0.244. The van der Waals surface area contributed by atoms with Gasteiger partial charge in [0, 0.05) is 39.3 Å². The van der Waals surface area contributed by atoms with E-state index in [1.165, 1.54) is 21.3 Å². The molecule has 0 saturated heterocycles. The Kier molecular flexibility index (Phi) is 11.8. The smallest absolute Gasteiger partial charge is 0.255 e. The fourth-order valence-electron chi connectivity index (χ4n) is 4.10. The summed E-state index contributed by atoms with van der Waals surface area (Å²) in [6.07, 6.45) is 0. The lowest BCUT2D eigenvalue weighted by Crippen LogP contribution is -2.43. The van der Waals surface area contributed by atoms with Crippen LogP contribution in [0.15, 0.2) is 72.8 Å². The van der Waals surface area contributed by atoms with Crippen molar-refractivity contribution in [2.45, 2.75) is 0 Å². The zero-order chi connectivity index (χ0) is 28.7. The fraction of sp³-hybridized carbons (Fsp3) is 0.300. The van der Waals surface area contributed by atoms with Crippen molar-refractivity contribution in [3.63, 3.8) is 0 Å². The van der Waals surface area contributed by atoms with Gasteiger partial charge in [-0.2, -0.15) is 0 Å². The number of rotatable bonds is 15. The molecule has 3 aromatic carbocycles. The quantitative estimate of drug-likeness (QED) is 0.267. The molecule has 0 spiro atoms. The van der Waals surface area contributed by atoms with Crippen LogP contribution in [0, 0.1) is 0 Å². The molecule has 3 aromatic rings. The highest BCUT2D eigenvalue weighted by Crippen LogP contribution is 2.18. The van der Waals surface area contributed by atoms with E-state index in [1.807, 2.05) is 4.90 Å². The molecule has 0 atom stereocenters. The molecular formula is C30H36N4O6. The van der Waals surface area contributed by atoms with Crippen LogP contribution in [-0.4, -0.2) is 83.2 Å². The normalized spacial score (nSPS) is 10.5. The molecule has 0 unspecified atom stereocenters. The Labute approximate surface area is 234 Å². The van der Waals surface area contributed by atoms with Crippen molar-refractivity contribution in [2.75, 3.05) is 60.6 Å². The van der Waals surface area contributed by atoms with Crippen LogP contribution >= 0.6 is 0 Å². The van der Waals surface area contributed by atoms with E-state index < -0.39 is 0 Å². The predicted molar refractivity (Wildman–Crippen MR) is 152 cm³/mol. The molecule has 40 heavy (non-hydrogen) atoms. The number of nitrogens with one attached hydrogen (secondary N) is 3. The Balaban J connectivity index is 1.57. The van der Waals surface area contributed by atoms with Gasteiger partial charge >= 0.3 is 0 Å². The average Bonchev–Trinajstić information content (AvgIpc) is 3.00. The molecule has 0 aromatic heterocycles.